The molecule has 0 radical (unpaired) electrons. The Bertz CT molecular complexity index is 1560. The van der Waals surface area contributed by atoms with Crippen molar-refractivity contribution in [1.82, 2.24) is 0 Å². The van der Waals surface area contributed by atoms with Gasteiger partial charge in [-0.3, -0.25) is 19.2 Å². The summed E-state index contributed by atoms with van der Waals surface area (Å²) < 4.78 is 31.3. The van der Waals surface area contributed by atoms with Crippen LogP contribution < -0.4 is 0 Å². The number of aliphatic hydroxyl groups excluding tert-OH is 1. The van der Waals surface area contributed by atoms with Gasteiger partial charge in [0.1, 0.15) is 23.9 Å². The Labute approximate surface area is 378 Å². The molecule has 1 heterocycles. The van der Waals surface area contributed by atoms with Crippen LogP contribution in [0.4, 0.5) is 4.79 Å². The van der Waals surface area contributed by atoms with E-state index in [1.54, 1.807) is 6.92 Å². The highest BCUT2D eigenvalue weighted by molar-refractivity contribution is 5.77. The van der Waals surface area contributed by atoms with E-state index in [4.69, 9.17) is 28.4 Å². The Balaban J connectivity index is 0.000000297. The van der Waals surface area contributed by atoms with Gasteiger partial charge >= 0.3 is 30.0 Å². The monoisotopic (exact) mass is 899 g/mol. The van der Waals surface area contributed by atoms with Crippen molar-refractivity contribution in [2.24, 2.45) is 27.6 Å². The summed E-state index contributed by atoms with van der Waals surface area (Å²) in [7, 11) is 0. The zero-order chi connectivity index (χ0) is 48.6. The molecule has 1 saturated heterocycles. The van der Waals surface area contributed by atoms with E-state index in [2.05, 4.69) is 6.92 Å². The third kappa shape index (κ3) is 14.8. The van der Waals surface area contributed by atoms with Crippen LogP contribution >= 0.6 is 0 Å². The fraction of sp³-hybridized carbons (Fsp3) is 0.898. The highest BCUT2D eigenvalue weighted by Crippen LogP contribution is 2.61. The molecular formula is C49H86O14. The van der Waals surface area contributed by atoms with Crippen LogP contribution in [0.5, 0.6) is 0 Å². The van der Waals surface area contributed by atoms with Crippen LogP contribution in [-0.2, 0) is 47.6 Å². The number of hydrogen-bond donors (Lipinski definition) is 3. The second kappa shape index (κ2) is 21.6. The molecule has 4 bridgehead atoms. The standard InChI is InChI=1S/C16H26O5.C13H24O2.C11H18O5.C9H18O2/c1-4-13(2,3)12(18)21-15-6-10-5-14(19,7-15)8-16(20,9-15)11(10)17;1-5-12(3,4)11(14)15-13(6-2)9-7-8-10-13;1-5-11(3,4)9(12)14-6-8-7(2)15-10(13)16-8;1-6-9(4,5)8(10)11-7(2)3/h10-11,17,19-20H,4-9H2,1-3H3;5-10H2,1-4H3;7-8H,5-6H2,1-4H3;7H,6H2,1-5H3. The summed E-state index contributed by atoms with van der Waals surface area (Å²) in [5.74, 6) is -0.892. The Kier molecular flexibility index (Phi) is 19.2. The first kappa shape index (κ1) is 56.2. The van der Waals surface area contributed by atoms with Crippen molar-refractivity contribution in [2.75, 3.05) is 6.61 Å². The topological polar surface area (TPSA) is 201 Å². The molecule has 5 aliphatic carbocycles. The molecule has 6 rings (SSSR count). The zero-order valence-electron chi connectivity index (χ0n) is 41.8. The summed E-state index contributed by atoms with van der Waals surface area (Å²) in [6.07, 6.45) is 7.86. The lowest BCUT2D eigenvalue weighted by Crippen LogP contribution is -2.72. The molecule has 0 aromatic carbocycles. The van der Waals surface area contributed by atoms with Crippen LogP contribution in [0.3, 0.4) is 0 Å². The molecule has 14 heteroatoms. The molecule has 3 N–H and O–H groups in total. The summed E-state index contributed by atoms with van der Waals surface area (Å²) in [4.78, 5) is 58.1. The first-order valence-electron chi connectivity index (χ1n) is 23.6. The lowest BCUT2D eigenvalue weighted by Gasteiger charge is -2.64. The van der Waals surface area contributed by atoms with Crippen molar-refractivity contribution in [2.45, 2.75) is 247 Å². The highest BCUT2D eigenvalue weighted by atomic mass is 16.8. The lowest BCUT2D eigenvalue weighted by atomic mass is 9.49. The number of cyclic esters (lactones) is 2. The maximum absolute atomic E-state index is 12.4. The van der Waals surface area contributed by atoms with Gasteiger partial charge in [-0.25, -0.2) is 4.79 Å². The molecule has 7 unspecified atom stereocenters. The number of carbonyl (C=O) groups excluding carboxylic acids is 5. The fourth-order valence-electron chi connectivity index (χ4n) is 8.39. The zero-order valence-corrected chi connectivity index (χ0v) is 41.8. The van der Waals surface area contributed by atoms with E-state index >= 15 is 0 Å². The molecule has 1 aliphatic heterocycles. The number of aliphatic hydroxyl groups is 3. The minimum Gasteiger partial charge on any atom is -0.463 e. The van der Waals surface area contributed by atoms with Crippen LogP contribution in [-0.4, -0.2) is 98.8 Å². The summed E-state index contributed by atoms with van der Waals surface area (Å²) >= 11 is 0. The van der Waals surface area contributed by atoms with E-state index in [0.29, 0.717) is 32.1 Å². The smallest absolute Gasteiger partial charge is 0.463 e. The van der Waals surface area contributed by atoms with Gasteiger partial charge in [0.25, 0.3) is 0 Å². The maximum atomic E-state index is 12.4. The van der Waals surface area contributed by atoms with Gasteiger partial charge in [0, 0.05) is 19.3 Å². The second-order valence-corrected chi connectivity index (χ2v) is 21.9. The number of esters is 4. The van der Waals surface area contributed by atoms with Gasteiger partial charge in [-0.2, -0.15) is 0 Å². The van der Waals surface area contributed by atoms with Crippen LogP contribution in [0.25, 0.3) is 0 Å². The molecule has 0 aromatic rings. The molecule has 7 atom stereocenters. The van der Waals surface area contributed by atoms with Crippen LogP contribution in [0.2, 0.25) is 0 Å². The van der Waals surface area contributed by atoms with Gasteiger partial charge in [-0.15, -0.1) is 0 Å². The van der Waals surface area contributed by atoms with Crippen LogP contribution in [0, 0.1) is 27.6 Å². The van der Waals surface area contributed by atoms with E-state index in [1.165, 1.54) is 12.8 Å². The minimum atomic E-state index is -1.33. The average molecular weight is 899 g/mol. The Morgan fingerprint density at radius 1 is 0.698 bits per heavy atom. The molecule has 14 nitrogen and oxygen atoms in total. The first-order chi connectivity index (χ1) is 28.8. The third-order valence-corrected chi connectivity index (χ3v) is 14.5. The van der Waals surface area contributed by atoms with Gasteiger partial charge in [-0.05, 0) is 153 Å². The predicted molar refractivity (Wildman–Crippen MR) is 238 cm³/mol. The van der Waals surface area contributed by atoms with Gasteiger partial charge in [0.2, 0.25) is 0 Å². The van der Waals surface area contributed by atoms with Gasteiger partial charge in [-0.1, -0.05) is 34.6 Å². The second-order valence-electron chi connectivity index (χ2n) is 21.9. The molecule has 0 aromatic heterocycles. The van der Waals surface area contributed by atoms with Crippen molar-refractivity contribution in [1.29, 1.82) is 0 Å². The summed E-state index contributed by atoms with van der Waals surface area (Å²) in [6, 6.07) is 0. The average Bonchev–Trinajstić information content (AvgIpc) is 3.79. The van der Waals surface area contributed by atoms with Crippen LogP contribution in [0.1, 0.15) is 201 Å². The van der Waals surface area contributed by atoms with E-state index in [0.717, 1.165) is 32.1 Å². The minimum absolute atomic E-state index is 0.00618. The highest BCUT2D eigenvalue weighted by Gasteiger charge is 2.68. The normalized spacial score (nSPS) is 29.4. The Morgan fingerprint density at radius 2 is 1.17 bits per heavy atom. The molecule has 6 fully saturated rings. The molecular weight excluding hydrogens is 813 g/mol. The summed E-state index contributed by atoms with van der Waals surface area (Å²) in [5.41, 5.74) is -5.05. The maximum Gasteiger partial charge on any atom is 0.509 e. The Morgan fingerprint density at radius 3 is 1.60 bits per heavy atom. The molecule has 366 valence electrons. The molecule has 5 saturated carbocycles. The SMILES string of the molecule is CCC(C)(C)C(=O)OC(C)C.CCC(C)(C)C(=O)OC12CC3CC(O)(C1)CC(O)(C2)C3O.CCC(C)(C)C(=O)OCC1OC(=O)OC1C.CCC1(OC(=O)C(C)(C)CC)CCCC1. The molecule has 6 aliphatic rings. The van der Waals surface area contributed by atoms with E-state index in [9.17, 15) is 39.3 Å². The van der Waals surface area contributed by atoms with Crippen LogP contribution in [0.15, 0.2) is 0 Å². The van der Waals surface area contributed by atoms with Gasteiger partial charge < -0.3 is 43.7 Å². The number of rotatable bonds is 14. The number of carbonyl (C=O) groups is 5. The van der Waals surface area contributed by atoms with Crippen molar-refractivity contribution in [3.8, 4) is 0 Å². The summed E-state index contributed by atoms with van der Waals surface area (Å²) in [6.45, 7) is 30.5. The first-order valence-corrected chi connectivity index (χ1v) is 23.6. The van der Waals surface area contributed by atoms with Gasteiger partial charge in [0.15, 0.2) is 6.10 Å². The molecule has 0 spiro atoms. The third-order valence-electron chi connectivity index (χ3n) is 14.5. The van der Waals surface area contributed by atoms with Crippen molar-refractivity contribution >= 4 is 30.0 Å². The number of hydrogen-bond acceptors (Lipinski definition) is 14. The fourth-order valence-corrected chi connectivity index (χ4v) is 8.39. The van der Waals surface area contributed by atoms with Gasteiger partial charge in [0.05, 0.1) is 45.1 Å². The predicted octanol–water partition coefficient (Wildman–Crippen LogP) is 9.09. The molecule has 63 heavy (non-hydrogen) atoms. The number of ether oxygens (including phenoxy) is 6. The lowest BCUT2D eigenvalue weighted by molar-refractivity contribution is -0.299. The van der Waals surface area contributed by atoms with Crippen molar-refractivity contribution in [3.05, 3.63) is 0 Å². The Hall–Kier alpha value is -2.97. The van der Waals surface area contributed by atoms with Crippen molar-refractivity contribution in [3.63, 3.8) is 0 Å². The molecule has 0 amide bonds. The van der Waals surface area contributed by atoms with E-state index in [-0.39, 0.29) is 77.9 Å². The summed E-state index contributed by atoms with van der Waals surface area (Å²) in [5, 5.41) is 31.6. The van der Waals surface area contributed by atoms with Crippen molar-refractivity contribution < 1.29 is 67.7 Å². The quantitative estimate of drug-likeness (QED) is 0.110. The largest absolute Gasteiger partial charge is 0.509 e. The van der Waals surface area contributed by atoms with E-state index < -0.39 is 46.0 Å². The van der Waals surface area contributed by atoms with E-state index in [1.807, 2.05) is 96.9 Å².